The molecule has 0 bridgehead atoms. The van der Waals surface area contributed by atoms with Crippen molar-refractivity contribution in [2.45, 2.75) is 20.4 Å². The summed E-state index contributed by atoms with van der Waals surface area (Å²) in [5.41, 5.74) is 4.29. The topological polar surface area (TPSA) is 46.6 Å². The first-order chi connectivity index (χ1) is 16.4. The zero-order valence-corrected chi connectivity index (χ0v) is 19.6. The van der Waals surface area contributed by atoms with E-state index in [1.807, 2.05) is 80.6 Å². The predicted octanol–water partition coefficient (Wildman–Crippen LogP) is 6.37. The van der Waals surface area contributed by atoms with Crippen LogP contribution in [0.5, 0.6) is 0 Å². The quantitative estimate of drug-likeness (QED) is 0.224. The average Bonchev–Trinajstić information content (AvgIpc) is 2.85. The molecule has 0 aliphatic rings. The number of ether oxygens (including phenoxy) is 1. The van der Waals surface area contributed by atoms with Crippen molar-refractivity contribution in [1.82, 2.24) is 0 Å². The third-order valence-corrected chi connectivity index (χ3v) is 5.19. The maximum Gasteiger partial charge on any atom is 0.330 e. The number of esters is 1. The Balaban J connectivity index is 1.80. The van der Waals surface area contributed by atoms with Crippen molar-refractivity contribution < 1.29 is 18.7 Å². The molecule has 0 spiro atoms. The lowest BCUT2D eigenvalue weighted by Crippen LogP contribution is -2.33. The minimum Gasteiger partial charge on any atom is -0.466 e. The van der Waals surface area contributed by atoms with Crippen LogP contribution in [0.2, 0.25) is 0 Å². The van der Waals surface area contributed by atoms with Crippen molar-refractivity contribution in [3.05, 3.63) is 107 Å². The number of carbonyl (C=O) groups excluding carboxylic acids is 2. The lowest BCUT2D eigenvalue weighted by molar-refractivity contribution is -0.134. The fraction of sp³-hybridized carbons (Fsp3) is 0.172. The molecule has 0 aromatic heterocycles. The van der Waals surface area contributed by atoms with Crippen molar-refractivity contribution in [1.29, 1.82) is 0 Å². The minimum atomic E-state index is -0.438. The monoisotopic (exact) mass is 457 g/mol. The van der Waals surface area contributed by atoms with Crippen LogP contribution in [0.1, 0.15) is 36.1 Å². The lowest BCUT2D eigenvalue weighted by Gasteiger charge is -2.25. The second-order valence-electron chi connectivity index (χ2n) is 8.16. The van der Waals surface area contributed by atoms with Crippen LogP contribution >= 0.6 is 0 Å². The van der Waals surface area contributed by atoms with Crippen molar-refractivity contribution in [3.63, 3.8) is 0 Å². The number of hydrogen-bond acceptors (Lipinski definition) is 3. The van der Waals surface area contributed by atoms with E-state index in [2.05, 4.69) is 4.74 Å². The molecule has 0 heterocycles. The van der Waals surface area contributed by atoms with Gasteiger partial charge in [0.1, 0.15) is 5.82 Å². The van der Waals surface area contributed by atoms with Crippen LogP contribution in [0.15, 0.2) is 78.9 Å². The molecule has 0 atom stereocenters. The molecule has 0 radical (unpaired) electrons. The summed E-state index contributed by atoms with van der Waals surface area (Å²) in [5.74, 6) is -0.878. The number of rotatable bonds is 8. The van der Waals surface area contributed by atoms with Gasteiger partial charge in [-0.1, -0.05) is 74.5 Å². The smallest absolute Gasteiger partial charge is 0.330 e. The van der Waals surface area contributed by atoms with Crippen LogP contribution in [0, 0.1) is 11.7 Å². The first-order valence-corrected chi connectivity index (χ1v) is 11.1. The maximum absolute atomic E-state index is 13.4. The van der Waals surface area contributed by atoms with Gasteiger partial charge in [-0.15, -0.1) is 0 Å². The molecular weight excluding hydrogens is 429 g/mol. The van der Waals surface area contributed by atoms with E-state index in [1.165, 1.54) is 25.3 Å². The first kappa shape index (κ1) is 24.6. The van der Waals surface area contributed by atoms with E-state index in [4.69, 9.17) is 0 Å². The van der Waals surface area contributed by atoms with Gasteiger partial charge in [-0.3, -0.25) is 4.79 Å². The Morgan fingerprint density at radius 3 is 2.18 bits per heavy atom. The fourth-order valence-corrected chi connectivity index (χ4v) is 3.36. The molecule has 0 fully saturated rings. The molecule has 0 aliphatic heterocycles. The molecule has 1 amide bonds. The molecule has 0 N–H and O–H groups in total. The standard InChI is InChI=1S/C29H28FNO3/c1-21(2)29(33)31(27-9-5-7-24(19-27)16-17-28(32)34-3)20-25-14-11-22(12-15-25)10-13-23-6-4-8-26(30)18-23/h4-19,21H,20H2,1-3H3/b13-10+,17-16+. The lowest BCUT2D eigenvalue weighted by atomic mass is 10.1. The highest BCUT2D eigenvalue weighted by molar-refractivity contribution is 5.95. The molecule has 4 nitrogen and oxygen atoms in total. The molecule has 34 heavy (non-hydrogen) atoms. The highest BCUT2D eigenvalue weighted by atomic mass is 19.1. The molecule has 0 unspecified atom stereocenters. The molecule has 3 aromatic carbocycles. The summed E-state index contributed by atoms with van der Waals surface area (Å²) in [4.78, 5) is 26.2. The van der Waals surface area contributed by atoms with Crippen LogP contribution in [0.3, 0.4) is 0 Å². The summed E-state index contributed by atoms with van der Waals surface area (Å²) < 4.78 is 18.0. The van der Waals surface area contributed by atoms with Crippen LogP contribution < -0.4 is 4.90 Å². The van der Waals surface area contributed by atoms with E-state index in [0.29, 0.717) is 6.54 Å². The fourth-order valence-electron chi connectivity index (χ4n) is 3.36. The van der Waals surface area contributed by atoms with Crippen LogP contribution in [0.25, 0.3) is 18.2 Å². The van der Waals surface area contributed by atoms with Crippen molar-refractivity contribution >= 4 is 35.8 Å². The summed E-state index contributed by atoms with van der Waals surface area (Å²) in [5, 5.41) is 0. The number of benzene rings is 3. The molecule has 0 saturated carbocycles. The average molecular weight is 458 g/mol. The zero-order valence-electron chi connectivity index (χ0n) is 19.6. The van der Waals surface area contributed by atoms with Gasteiger partial charge < -0.3 is 9.64 Å². The molecule has 0 aliphatic carbocycles. The number of halogens is 1. The van der Waals surface area contributed by atoms with E-state index in [0.717, 1.165) is 27.9 Å². The van der Waals surface area contributed by atoms with Gasteiger partial charge in [0.05, 0.1) is 13.7 Å². The van der Waals surface area contributed by atoms with Gasteiger partial charge in [-0.05, 0) is 52.6 Å². The second-order valence-corrected chi connectivity index (χ2v) is 8.16. The van der Waals surface area contributed by atoms with E-state index < -0.39 is 5.97 Å². The SMILES string of the molecule is COC(=O)/C=C/c1cccc(N(Cc2ccc(/C=C/c3cccc(F)c3)cc2)C(=O)C(C)C)c1. The molecule has 0 saturated heterocycles. The van der Waals surface area contributed by atoms with Crippen molar-refractivity contribution in [2.24, 2.45) is 5.92 Å². The van der Waals surface area contributed by atoms with Gasteiger partial charge >= 0.3 is 5.97 Å². The molecule has 3 aromatic rings. The van der Waals surface area contributed by atoms with E-state index in [9.17, 15) is 14.0 Å². The molecule has 5 heteroatoms. The van der Waals surface area contributed by atoms with Crippen LogP contribution in [-0.4, -0.2) is 19.0 Å². The Kier molecular flexibility index (Phi) is 8.52. The molecular formula is C29H28FNO3. The maximum atomic E-state index is 13.4. The Morgan fingerprint density at radius 1 is 0.882 bits per heavy atom. The third kappa shape index (κ3) is 7.01. The van der Waals surface area contributed by atoms with Crippen LogP contribution in [0.4, 0.5) is 10.1 Å². The third-order valence-electron chi connectivity index (χ3n) is 5.19. The summed E-state index contributed by atoms with van der Waals surface area (Å²) in [6, 6.07) is 21.8. The minimum absolute atomic E-state index is 0.00386. The van der Waals surface area contributed by atoms with Gasteiger partial charge in [-0.25, -0.2) is 9.18 Å². The largest absolute Gasteiger partial charge is 0.466 e. The molecule has 3 rings (SSSR count). The van der Waals surface area contributed by atoms with Gasteiger partial charge in [0.25, 0.3) is 0 Å². The van der Waals surface area contributed by atoms with Gasteiger partial charge in [-0.2, -0.15) is 0 Å². The highest BCUT2D eigenvalue weighted by Crippen LogP contribution is 2.23. The second kappa shape index (κ2) is 11.8. The van der Waals surface area contributed by atoms with E-state index in [1.54, 1.807) is 17.0 Å². The van der Waals surface area contributed by atoms with Gasteiger partial charge in [0.15, 0.2) is 0 Å². The van der Waals surface area contributed by atoms with Gasteiger partial charge in [0.2, 0.25) is 5.91 Å². The Labute approximate surface area is 200 Å². The summed E-state index contributed by atoms with van der Waals surface area (Å²) in [6.45, 7) is 4.16. The number of amides is 1. The summed E-state index contributed by atoms with van der Waals surface area (Å²) in [7, 11) is 1.33. The number of methoxy groups -OCH3 is 1. The highest BCUT2D eigenvalue weighted by Gasteiger charge is 2.19. The summed E-state index contributed by atoms with van der Waals surface area (Å²) in [6.07, 6.45) is 6.80. The number of carbonyl (C=O) groups is 2. The Morgan fingerprint density at radius 2 is 1.53 bits per heavy atom. The van der Waals surface area contributed by atoms with Gasteiger partial charge in [0, 0.05) is 17.7 Å². The number of anilines is 1. The van der Waals surface area contributed by atoms with Crippen LogP contribution in [-0.2, 0) is 20.9 Å². The normalized spacial score (nSPS) is 11.3. The Bertz CT molecular complexity index is 1200. The van der Waals surface area contributed by atoms with Crippen molar-refractivity contribution in [2.75, 3.05) is 12.0 Å². The van der Waals surface area contributed by atoms with E-state index in [-0.39, 0.29) is 17.6 Å². The first-order valence-electron chi connectivity index (χ1n) is 11.1. The van der Waals surface area contributed by atoms with E-state index >= 15 is 0 Å². The predicted molar refractivity (Wildman–Crippen MR) is 135 cm³/mol. The van der Waals surface area contributed by atoms with Crippen molar-refractivity contribution in [3.8, 4) is 0 Å². The number of nitrogens with zero attached hydrogens (tertiary/aromatic N) is 1. The Hall–Kier alpha value is -3.99. The number of hydrogen-bond donors (Lipinski definition) is 0. The molecule has 174 valence electrons. The zero-order chi connectivity index (χ0) is 24.5. The summed E-state index contributed by atoms with van der Waals surface area (Å²) >= 11 is 0.